The molecule has 1 aromatic carbocycles. The van der Waals surface area contributed by atoms with Gasteiger partial charge in [0.15, 0.2) is 0 Å². The molecule has 0 fully saturated rings. The molecule has 0 atom stereocenters. The second kappa shape index (κ2) is 3.96. The van der Waals surface area contributed by atoms with Crippen LogP contribution in [0.1, 0.15) is 17.5 Å². The predicted octanol–water partition coefficient (Wildman–Crippen LogP) is 3.33. The van der Waals surface area contributed by atoms with Crippen LogP contribution in [0, 0.1) is 6.92 Å². The van der Waals surface area contributed by atoms with E-state index in [0.717, 1.165) is 22.1 Å². The van der Waals surface area contributed by atoms with Crippen molar-refractivity contribution in [1.82, 2.24) is 14.6 Å². The molecule has 0 unspecified atom stereocenters. The lowest BCUT2D eigenvalue weighted by molar-refractivity contribution is 0.910. The summed E-state index contributed by atoms with van der Waals surface area (Å²) in [4.78, 5) is 5.60. The van der Waals surface area contributed by atoms with Gasteiger partial charge in [0.05, 0.1) is 11.9 Å². The van der Waals surface area contributed by atoms with Gasteiger partial charge in [0.1, 0.15) is 5.01 Å². The normalized spacial score (nSPS) is 11.2. The highest BCUT2D eigenvalue weighted by Gasteiger charge is 2.09. The van der Waals surface area contributed by atoms with Gasteiger partial charge in [-0.2, -0.15) is 5.10 Å². The van der Waals surface area contributed by atoms with E-state index in [9.17, 15) is 0 Å². The standard InChI is InChI=1S/C13H13N3S/c1-3-12-15-16-8-11(14-13(16)17-12)10-7-5-4-6-9(10)2/h4-8H,3H2,1-2H3. The maximum absolute atomic E-state index is 4.63. The Morgan fingerprint density at radius 2 is 2.12 bits per heavy atom. The first-order chi connectivity index (χ1) is 8.28. The van der Waals surface area contributed by atoms with Crippen molar-refractivity contribution >= 4 is 16.3 Å². The van der Waals surface area contributed by atoms with Crippen LogP contribution < -0.4 is 0 Å². The monoisotopic (exact) mass is 243 g/mol. The first-order valence-electron chi connectivity index (χ1n) is 5.69. The largest absolute Gasteiger partial charge is 0.217 e. The van der Waals surface area contributed by atoms with Gasteiger partial charge in [0, 0.05) is 5.56 Å². The number of benzene rings is 1. The third-order valence-electron chi connectivity index (χ3n) is 2.81. The lowest BCUT2D eigenvalue weighted by Gasteiger charge is -1.99. The number of fused-ring (bicyclic) bond motifs is 1. The van der Waals surface area contributed by atoms with E-state index in [1.807, 2.05) is 22.8 Å². The molecule has 4 heteroatoms. The minimum Gasteiger partial charge on any atom is -0.217 e. The fraction of sp³-hybridized carbons (Fsp3) is 0.231. The molecule has 17 heavy (non-hydrogen) atoms. The van der Waals surface area contributed by atoms with Crippen molar-refractivity contribution < 1.29 is 0 Å². The maximum Gasteiger partial charge on any atom is 0.212 e. The highest BCUT2D eigenvalue weighted by Crippen LogP contribution is 2.24. The van der Waals surface area contributed by atoms with E-state index in [-0.39, 0.29) is 0 Å². The molecule has 2 aromatic heterocycles. The summed E-state index contributed by atoms with van der Waals surface area (Å²) in [5, 5.41) is 5.61. The van der Waals surface area contributed by atoms with E-state index in [0.29, 0.717) is 0 Å². The van der Waals surface area contributed by atoms with Crippen LogP contribution >= 0.6 is 11.3 Å². The van der Waals surface area contributed by atoms with Crippen LogP contribution in [0.15, 0.2) is 30.5 Å². The molecule has 0 aliphatic carbocycles. The van der Waals surface area contributed by atoms with E-state index in [2.05, 4.69) is 36.1 Å². The van der Waals surface area contributed by atoms with E-state index < -0.39 is 0 Å². The van der Waals surface area contributed by atoms with E-state index in [1.165, 1.54) is 11.1 Å². The minimum atomic E-state index is 0.966. The molecule has 2 heterocycles. The molecule has 0 aliphatic rings. The highest BCUT2D eigenvalue weighted by molar-refractivity contribution is 7.16. The van der Waals surface area contributed by atoms with Gasteiger partial charge in [-0.05, 0) is 18.9 Å². The van der Waals surface area contributed by atoms with Crippen LogP contribution in [-0.2, 0) is 6.42 Å². The summed E-state index contributed by atoms with van der Waals surface area (Å²) in [6.45, 7) is 4.22. The van der Waals surface area contributed by atoms with Gasteiger partial charge in [-0.1, -0.05) is 42.5 Å². The summed E-state index contributed by atoms with van der Waals surface area (Å²) < 4.78 is 1.88. The molecule has 0 saturated carbocycles. The van der Waals surface area contributed by atoms with Crippen LogP contribution in [0.25, 0.3) is 16.2 Å². The van der Waals surface area contributed by atoms with Gasteiger partial charge < -0.3 is 0 Å². The molecule has 3 aromatic rings. The number of hydrogen-bond acceptors (Lipinski definition) is 3. The number of nitrogens with zero attached hydrogens (tertiary/aromatic N) is 3. The van der Waals surface area contributed by atoms with Crippen LogP contribution in [-0.4, -0.2) is 14.6 Å². The fourth-order valence-electron chi connectivity index (χ4n) is 1.87. The average molecular weight is 243 g/mol. The summed E-state index contributed by atoms with van der Waals surface area (Å²) in [6, 6.07) is 8.29. The molecular weight excluding hydrogens is 230 g/mol. The second-order valence-corrected chi connectivity index (χ2v) is 5.06. The summed E-state index contributed by atoms with van der Waals surface area (Å²) in [5.41, 5.74) is 3.43. The van der Waals surface area contributed by atoms with Crippen molar-refractivity contribution in [1.29, 1.82) is 0 Å². The van der Waals surface area contributed by atoms with Gasteiger partial charge >= 0.3 is 0 Å². The molecule has 0 bridgehead atoms. The number of aromatic nitrogens is 3. The molecule has 86 valence electrons. The quantitative estimate of drug-likeness (QED) is 0.691. The Hall–Kier alpha value is -1.68. The number of imidazole rings is 1. The van der Waals surface area contributed by atoms with Crippen molar-refractivity contribution in [2.45, 2.75) is 20.3 Å². The summed E-state index contributed by atoms with van der Waals surface area (Å²) in [6.07, 6.45) is 2.97. The van der Waals surface area contributed by atoms with Crippen molar-refractivity contribution in [3.05, 3.63) is 41.0 Å². The van der Waals surface area contributed by atoms with E-state index in [4.69, 9.17) is 0 Å². The molecule has 0 aliphatic heterocycles. The second-order valence-electron chi connectivity index (χ2n) is 4.02. The lowest BCUT2D eigenvalue weighted by Crippen LogP contribution is -1.84. The average Bonchev–Trinajstić information content (AvgIpc) is 2.86. The Morgan fingerprint density at radius 3 is 2.82 bits per heavy atom. The molecule has 0 N–H and O–H groups in total. The molecule has 0 saturated heterocycles. The molecule has 3 rings (SSSR count). The predicted molar refractivity (Wildman–Crippen MR) is 70.4 cm³/mol. The Bertz CT molecular complexity index is 635. The van der Waals surface area contributed by atoms with Crippen molar-refractivity contribution in [2.24, 2.45) is 0 Å². The third-order valence-corrected chi connectivity index (χ3v) is 3.88. The van der Waals surface area contributed by atoms with Gasteiger partial charge in [-0.3, -0.25) is 0 Å². The smallest absolute Gasteiger partial charge is 0.212 e. The zero-order chi connectivity index (χ0) is 11.8. The summed E-state index contributed by atoms with van der Waals surface area (Å²) in [7, 11) is 0. The van der Waals surface area contributed by atoms with E-state index in [1.54, 1.807) is 11.3 Å². The van der Waals surface area contributed by atoms with Crippen LogP contribution in [0.3, 0.4) is 0 Å². The fourth-order valence-corrected chi connectivity index (χ4v) is 2.69. The molecule has 0 radical (unpaired) electrons. The number of hydrogen-bond donors (Lipinski definition) is 0. The van der Waals surface area contributed by atoms with Gasteiger partial charge in [-0.25, -0.2) is 9.50 Å². The Kier molecular flexibility index (Phi) is 2.44. The SMILES string of the molecule is CCc1nn2cc(-c3ccccc3C)nc2s1. The van der Waals surface area contributed by atoms with Gasteiger partial charge in [0.25, 0.3) is 0 Å². The van der Waals surface area contributed by atoms with Crippen molar-refractivity contribution in [3.63, 3.8) is 0 Å². The van der Waals surface area contributed by atoms with Crippen molar-refractivity contribution in [3.8, 4) is 11.3 Å². The molecule has 0 spiro atoms. The third kappa shape index (κ3) is 1.74. The van der Waals surface area contributed by atoms with Crippen LogP contribution in [0.4, 0.5) is 0 Å². The van der Waals surface area contributed by atoms with Crippen molar-refractivity contribution in [2.75, 3.05) is 0 Å². The minimum absolute atomic E-state index is 0.966. The molecular formula is C13H13N3S. The first-order valence-corrected chi connectivity index (χ1v) is 6.50. The lowest BCUT2D eigenvalue weighted by atomic mass is 10.1. The topological polar surface area (TPSA) is 30.2 Å². The molecule has 0 amide bonds. The zero-order valence-corrected chi connectivity index (χ0v) is 10.7. The maximum atomic E-state index is 4.63. The van der Waals surface area contributed by atoms with Crippen LogP contribution in [0.5, 0.6) is 0 Å². The van der Waals surface area contributed by atoms with E-state index >= 15 is 0 Å². The Labute approximate surface area is 104 Å². The van der Waals surface area contributed by atoms with Crippen LogP contribution in [0.2, 0.25) is 0 Å². The number of rotatable bonds is 2. The summed E-state index contributed by atoms with van der Waals surface area (Å²) >= 11 is 1.66. The molecule has 3 nitrogen and oxygen atoms in total. The van der Waals surface area contributed by atoms with Gasteiger partial charge in [0.2, 0.25) is 4.96 Å². The first kappa shape index (κ1) is 10.5. The number of aryl methyl sites for hydroxylation is 2. The summed E-state index contributed by atoms with van der Waals surface area (Å²) in [5.74, 6) is 0. The Morgan fingerprint density at radius 1 is 1.29 bits per heavy atom. The Balaban J connectivity index is 2.13. The highest BCUT2D eigenvalue weighted by atomic mass is 32.1. The van der Waals surface area contributed by atoms with Gasteiger partial charge in [-0.15, -0.1) is 0 Å². The zero-order valence-electron chi connectivity index (χ0n) is 9.84.